The summed E-state index contributed by atoms with van der Waals surface area (Å²) in [4.78, 5) is 21.8. The van der Waals surface area contributed by atoms with Gasteiger partial charge in [0, 0.05) is 5.56 Å². The first-order valence-corrected chi connectivity index (χ1v) is 10.5. The minimum absolute atomic E-state index is 0.0595. The lowest BCUT2D eigenvalue weighted by molar-refractivity contribution is -0.274. The van der Waals surface area contributed by atoms with E-state index >= 15 is 0 Å². The molecule has 1 N–H and O–H groups in total. The molecule has 1 fully saturated rings. The molecule has 1 aromatic carbocycles. The highest BCUT2D eigenvalue weighted by molar-refractivity contribution is 7.14. The zero-order valence-electron chi connectivity index (χ0n) is 17.0. The molecule has 0 saturated heterocycles. The van der Waals surface area contributed by atoms with Crippen molar-refractivity contribution in [1.29, 1.82) is 5.26 Å². The number of nitrogens with one attached hydrogen (secondary N) is 1. The maximum atomic E-state index is 12.9. The van der Waals surface area contributed by atoms with Crippen LogP contribution in [0.2, 0.25) is 0 Å². The summed E-state index contributed by atoms with van der Waals surface area (Å²) in [5.74, 6) is -0.0615. The van der Waals surface area contributed by atoms with Crippen molar-refractivity contribution in [1.82, 2.24) is 25.1 Å². The smallest absolute Gasteiger partial charge is 0.406 e. The average molecular weight is 462 g/mol. The number of hydrogen-bond donors (Lipinski definition) is 1. The van der Waals surface area contributed by atoms with Crippen molar-refractivity contribution >= 4 is 17.2 Å². The summed E-state index contributed by atoms with van der Waals surface area (Å²) >= 11 is 1.12. The number of ether oxygens (including phenoxy) is 1. The van der Waals surface area contributed by atoms with Crippen LogP contribution in [-0.4, -0.2) is 32.0 Å². The normalized spacial score (nSPS) is 14.6. The molecule has 0 aliphatic heterocycles. The van der Waals surface area contributed by atoms with E-state index in [-0.39, 0.29) is 11.5 Å². The fourth-order valence-electron chi connectivity index (χ4n) is 3.21. The maximum Gasteiger partial charge on any atom is 0.573 e. The fraction of sp³-hybridized carbons (Fsp3) is 0.350. The molecule has 0 unspecified atom stereocenters. The van der Waals surface area contributed by atoms with Gasteiger partial charge in [0.25, 0.3) is 5.91 Å². The number of amides is 1. The lowest BCUT2D eigenvalue weighted by Crippen LogP contribution is -2.29. The number of nitriles is 1. The fourth-order valence-corrected chi connectivity index (χ4v) is 3.88. The van der Waals surface area contributed by atoms with Crippen LogP contribution in [0.4, 0.5) is 13.2 Å². The van der Waals surface area contributed by atoms with Gasteiger partial charge in [0.15, 0.2) is 5.82 Å². The van der Waals surface area contributed by atoms with E-state index in [2.05, 4.69) is 25.1 Å². The van der Waals surface area contributed by atoms with Gasteiger partial charge in [0.1, 0.15) is 22.5 Å². The highest BCUT2D eigenvalue weighted by Crippen LogP contribution is 2.42. The molecule has 0 radical (unpaired) electrons. The van der Waals surface area contributed by atoms with Crippen LogP contribution in [0.15, 0.2) is 24.4 Å². The number of carbonyl (C=O) groups excluding carboxylic acids is 1. The third kappa shape index (κ3) is 4.88. The first-order chi connectivity index (χ1) is 15.1. The molecule has 1 saturated carbocycles. The molecule has 0 spiro atoms. The van der Waals surface area contributed by atoms with Gasteiger partial charge in [0.2, 0.25) is 5.13 Å². The molecule has 1 aliphatic carbocycles. The number of hydrogen-bond acceptors (Lipinski definition) is 7. The van der Waals surface area contributed by atoms with Crippen molar-refractivity contribution in [3.63, 3.8) is 0 Å². The van der Waals surface area contributed by atoms with E-state index in [1.165, 1.54) is 16.9 Å². The van der Waals surface area contributed by atoms with Crippen molar-refractivity contribution in [2.75, 3.05) is 0 Å². The second kappa shape index (κ2) is 8.23. The van der Waals surface area contributed by atoms with Gasteiger partial charge in [0.05, 0.1) is 12.2 Å². The first kappa shape index (κ1) is 21.8. The third-order valence-corrected chi connectivity index (χ3v) is 5.61. The lowest BCUT2D eigenvalue weighted by Gasteiger charge is -2.16. The van der Waals surface area contributed by atoms with E-state index in [9.17, 15) is 18.0 Å². The van der Waals surface area contributed by atoms with E-state index in [1.54, 1.807) is 19.9 Å². The van der Waals surface area contributed by atoms with E-state index in [0.717, 1.165) is 30.2 Å². The number of carbonyl (C=O) groups is 1. The van der Waals surface area contributed by atoms with Crippen LogP contribution < -0.4 is 10.1 Å². The summed E-state index contributed by atoms with van der Waals surface area (Å²) in [5.41, 5.74) is 0.694. The minimum Gasteiger partial charge on any atom is -0.406 e. The SMILES string of the molecule is Cc1nc([C@H](C)NC(=O)c2cc(OC(F)(F)F)cc(C3CC3)c2)n(-c2ncc(C#N)s2)n1. The van der Waals surface area contributed by atoms with Gasteiger partial charge >= 0.3 is 6.36 Å². The maximum absolute atomic E-state index is 12.9. The summed E-state index contributed by atoms with van der Waals surface area (Å²) in [5, 5.41) is 16.5. The van der Waals surface area contributed by atoms with Crippen LogP contribution in [0, 0.1) is 18.3 Å². The van der Waals surface area contributed by atoms with Crippen LogP contribution >= 0.6 is 11.3 Å². The second-order valence-corrected chi connectivity index (χ2v) is 8.36. The molecule has 12 heteroatoms. The Bertz CT molecular complexity index is 1210. The van der Waals surface area contributed by atoms with Crippen LogP contribution in [-0.2, 0) is 0 Å². The summed E-state index contributed by atoms with van der Waals surface area (Å²) < 4.78 is 43.7. The van der Waals surface area contributed by atoms with E-state index in [1.807, 2.05) is 6.07 Å². The van der Waals surface area contributed by atoms with Crippen LogP contribution in [0.1, 0.15) is 64.2 Å². The molecule has 1 amide bonds. The number of alkyl halides is 3. The number of nitrogens with zero attached hydrogens (tertiary/aromatic N) is 5. The molecular weight excluding hydrogens is 445 g/mol. The summed E-state index contributed by atoms with van der Waals surface area (Å²) in [6.45, 7) is 3.35. The standard InChI is InChI=1S/C20H17F3N6O2S/c1-10(17-27-11(2)28-29(17)19-25-9-16(8-24)32-19)26-18(30)14-5-13(12-3-4-12)6-15(7-14)31-20(21,22)23/h5-7,9-10,12H,3-4H2,1-2H3,(H,26,30)/t10-/m0/s1. The number of thiazole rings is 1. The molecule has 1 atom stereocenters. The number of halogens is 3. The lowest BCUT2D eigenvalue weighted by atomic mass is 10.1. The van der Waals surface area contributed by atoms with Crippen molar-refractivity contribution in [3.05, 3.63) is 52.0 Å². The summed E-state index contributed by atoms with van der Waals surface area (Å²) in [6.07, 6.45) is -1.73. The number of rotatable bonds is 6. The molecule has 8 nitrogen and oxygen atoms in total. The van der Waals surface area contributed by atoms with Crippen molar-refractivity contribution in [3.8, 4) is 17.0 Å². The Hall–Kier alpha value is -3.46. The van der Waals surface area contributed by atoms with Crippen molar-refractivity contribution in [2.24, 2.45) is 0 Å². The Labute approximate surface area is 184 Å². The molecule has 2 aromatic heterocycles. The molecule has 1 aliphatic rings. The number of aromatic nitrogens is 4. The molecule has 2 heterocycles. The third-order valence-electron chi connectivity index (χ3n) is 4.73. The second-order valence-electron chi connectivity index (χ2n) is 7.36. The topological polar surface area (TPSA) is 106 Å². The summed E-state index contributed by atoms with van der Waals surface area (Å²) in [7, 11) is 0. The zero-order valence-corrected chi connectivity index (χ0v) is 17.8. The molecule has 0 bridgehead atoms. The van der Waals surface area contributed by atoms with E-state index in [0.29, 0.717) is 27.2 Å². The predicted molar refractivity (Wildman–Crippen MR) is 107 cm³/mol. The van der Waals surface area contributed by atoms with Gasteiger partial charge in [-0.15, -0.1) is 18.3 Å². The molecule has 3 aromatic rings. The molecule has 32 heavy (non-hydrogen) atoms. The highest BCUT2D eigenvalue weighted by atomic mass is 32.1. The quantitative estimate of drug-likeness (QED) is 0.589. The Kier molecular flexibility index (Phi) is 5.60. The largest absolute Gasteiger partial charge is 0.573 e. The van der Waals surface area contributed by atoms with E-state index < -0.39 is 24.1 Å². The van der Waals surface area contributed by atoms with Crippen molar-refractivity contribution < 1.29 is 22.7 Å². The Morgan fingerprint density at radius 1 is 1.38 bits per heavy atom. The van der Waals surface area contributed by atoms with Gasteiger partial charge in [-0.05, 0) is 56.4 Å². The average Bonchev–Trinajstić information content (AvgIpc) is 3.33. The monoisotopic (exact) mass is 462 g/mol. The van der Waals surface area contributed by atoms with Gasteiger partial charge in [-0.25, -0.2) is 9.97 Å². The number of aryl methyl sites for hydroxylation is 1. The van der Waals surface area contributed by atoms with Crippen LogP contribution in [0.5, 0.6) is 5.75 Å². The Balaban J connectivity index is 1.59. The highest BCUT2D eigenvalue weighted by Gasteiger charge is 2.33. The molecule has 166 valence electrons. The number of benzene rings is 1. The first-order valence-electron chi connectivity index (χ1n) is 9.64. The van der Waals surface area contributed by atoms with Crippen LogP contribution in [0.3, 0.4) is 0 Å². The molecule has 4 rings (SSSR count). The van der Waals surface area contributed by atoms with E-state index in [4.69, 9.17) is 5.26 Å². The zero-order chi connectivity index (χ0) is 23.0. The summed E-state index contributed by atoms with van der Waals surface area (Å²) in [6, 6.07) is 5.33. The van der Waals surface area contributed by atoms with Crippen LogP contribution in [0.25, 0.3) is 5.13 Å². The van der Waals surface area contributed by atoms with Crippen molar-refractivity contribution in [2.45, 2.75) is 45.0 Å². The van der Waals surface area contributed by atoms with Gasteiger partial charge in [-0.3, -0.25) is 4.79 Å². The van der Waals surface area contributed by atoms with Gasteiger partial charge in [-0.1, -0.05) is 11.3 Å². The minimum atomic E-state index is -4.85. The Morgan fingerprint density at radius 3 is 2.75 bits per heavy atom. The van der Waals surface area contributed by atoms with Gasteiger partial charge < -0.3 is 10.1 Å². The van der Waals surface area contributed by atoms with Gasteiger partial charge in [-0.2, -0.15) is 9.94 Å². The molecular formula is C20H17F3N6O2S. The Morgan fingerprint density at radius 2 is 2.12 bits per heavy atom. The predicted octanol–water partition coefficient (Wildman–Crippen LogP) is 4.17.